The van der Waals surface area contributed by atoms with Crippen LogP contribution in [0.1, 0.15) is 48.5 Å². The van der Waals surface area contributed by atoms with E-state index in [1.54, 1.807) is 0 Å². The largest absolute Gasteiger partial charge is 0.452 e. The first-order valence-electron chi connectivity index (χ1n) is 6.33. The molecule has 19 heavy (non-hydrogen) atoms. The topological polar surface area (TPSA) is 49.4 Å². The smallest absolute Gasteiger partial charge is 0.00219 e. The van der Waals surface area contributed by atoms with Gasteiger partial charge in [-0.15, -0.1) is 0 Å². The molecule has 0 aliphatic carbocycles. The van der Waals surface area contributed by atoms with Crippen LogP contribution < -0.4 is 5.32 Å². The maximum absolute atomic E-state index is 9.98. The van der Waals surface area contributed by atoms with E-state index in [1.165, 1.54) is 13.8 Å². The van der Waals surface area contributed by atoms with E-state index in [2.05, 4.69) is 51.5 Å². The third kappa shape index (κ3) is 23.4. The summed E-state index contributed by atoms with van der Waals surface area (Å²) in [6, 6.07) is 0. The van der Waals surface area contributed by atoms with Crippen molar-refractivity contribution in [1.82, 2.24) is 10.2 Å². The molecule has 0 amide bonds. The zero-order valence-electron chi connectivity index (χ0n) is 13.1. The summed E-state index contributed by atoms with van der Waals surface area (Å²) in [4.78, 5) is 22.2. The van der Waals surface area contributed by atoms with Crippen LogP contribution in [-0.2, 0) is 32.0 Å². The van der Waals surface area contributed by atoms with Gasteiger partial charge >= 0.3 is 0 Å². The Morgan fingerprint density at radius 2 is 1.42 bits per heavy atom. The summed E-state index contributed by atoms with van der Waals surface area (Å²) in [5, 5.41) is 3.32. The number of ketones is 2. The third-order valence-electron chi connectivity index (χ3n) is 1.90. The van der Waals surface area contributed by atoms with E-state index in [4.69, 9.17) is 0 Å². The Kier molecular flexibility index (Phi) is 16.2. The standard InChI is InChI=1S/C9H21N2.C5H7O2.Au/c1-6-11(7-2)8-10-9(3,4)5;1-4(6)3-5(2)7;/h8,10H,6-7H2,1-5H3;3H,1-2H3;/q2*-1;. The van der Waals surface area contributed by atoms with Gasteiger partial charge in [-0.05, 0) is 53.2 Å². The molecule has 0 spiro atoms. The molecule has 0 aromatic carbocycles. The summed E-state index contributed by atoms with van der Waals surface area (Å²) < 4.78 is 0. The molecular weight excluding hydrogens is 425 g/mol. The van der Waals surface area contributed by atoms with Gasteiger partial charge in [0.25, 0.3) is 0 Å². The molecular formula is C14H28AuN2O2-2. The minimum atomic E-state index is -0.187. The van der Waals surface area contributed by atoms with Crippen molar-refractivity contribution in [2.75, 3.05) is 13.1 Å². The number of hydrogen-bond acceptors (Lipinski definition) is 4. The molecule has 0 aliphatic heterocycles. The van der Waals surface area contributed by atoms with Gasteiger partial charge in [0.1, 0.15) is 0 Å². The molecule has 1 N–H and O–H groups in total. The predicted octanol–water partition coefficient (Wildman–Crippen LogP) is 2.20. The van der Waals surface area contributed by atoms with E-state index >= 15 is 0 Å². The van der Waals surface area contributed by atoms with Crippen LogP contribution in [0.5, 0.6) is 0 Å². The molecule has 0 bridgehead atoms. The van der Waals surface area contributed by atoms with E-state index in [0.29, 0.717) is 0 Å². The zero-order chi connectivity index (χ0) is 14.8. The summed E-state index contributed by atoms with van der Waals surface area (Å²) in [5.74, 6) is -0.375. The van der Waals surface area contributed by atoms with Crippen LogP contribution >= 0.6 is 0 Å². The molecule has 0 aromatic rings. The number of nitrogens with one attached hydrogen (secondary N) is 1. The number of carbonyl (C=O) groups is 2. The molecule has 0 aliphatic rings. The first kappa shape index (κ1) is 23.9. The van der Waals surface area contributed by atoms with Gasteiger partial charge in [0.15, 0.2) is 0 Å². The molecule has 4 nitrogen and oxygen atoms in total. The van der Waals surface area contributed by atoms with Crippen molar-refractivity contribution in [1.29, 1.82) is 0 Å². The van der Waals surface area contributed by atoms with Crippen molar-refractivity contribution in [3.8, 4) is 0 Å². The van der Waals surface area contributed by atoms with Crippen molar-refractivity contribution in [2.45, 2.75) is 54.0 Å². The summed E-state index contributed by atoms with van der Waals surface area (Å²) in [6.07, 6.45) is 1.06. The fourth-order valence-electron chi connectivity index (χ4n) is 0.977. The maximum atomic E-state index is 9.98. The Balaban J connectivity index is -0.000000280. The second-order valence-electron chi connectivity index (χ2n) is 5.11. The molecule has 119 valence electrons. The second kappa shape index (κ2) is 12.9. The Bertz CT molecular complexity index is 234. The minimum Gasteiger partial charge on any atom is -0.452 e. The number of carbonyl (C=O) groups excluding carboxylic acids is 2. The van der Waals surface area contributed by atoms with E-state index in [0.717, 1.165) is 19.5 Å². The van der Waals surface area contributed by atoms with Gasteiger partial charge < -0.3 is 19.8 Å². The van der Waals surface area contributed by atoms with Crippen LogP contribution in [0.3, 0.4) is 0 Å². The summed E-state index contributed by atoms with van der Waals surface area (Å²) in [5.41, 5.74) is 0.183. The first-order valence-corrected chi connectivity index (χ1v) is 6.33. The Hall–Kier alpha value is -0.130. The number of rotatable bonds is 6. The molecule has 0 saturated heterocycles. The maximum Gasteiger partial charge on any atom is 0.00219 e. The van der Waals surface area contributed by atoms with Gasteiger partial charge in [0, 0.05) is 33.9 Å². The van der Waals surface area contributed by atoms with Crippen LogP contribution in [0.15, 0.2) is 0 Å². The van der Waals surface area contributed by atoms with Gasteiger partial charge in [-0.1, -0.05) is 13.8 Å². The molecule has 0 rings (SSSR count). The molecule has 0 fully saturated rings. The van der Waals surface area contributed by atoms with E-state index in [9.17, 15) is 9.59 Å². The third-order valence-corrected chi connectivity index (χ3v) is 1.90. The number of nitrogens with zero attached hydrogens (tertiary/aromatic N) is 1. The van der Waals surface area contributed by atoms with Crippen molar-refractivity contribution < 1.29 is 32.0 Å². The van der Waals surface area contributed by atoms with Crippen molar-refractivity contribution in [3.05, 3.63) is 13.1 Å². The van der Waals surface area contributed by atoms with Crippen LogP contribution in [0.2, 0.25) is 0 Å². The summed E-state index contributed by atoms with van der Waals surface area (Å²) in [6.45, 7) is 17.7. The van der Waals surface area contributed by atoms with Crippen LogP contribution in [-0.4, -0.2) is 35.1 Å². The van der Waals surface area contributed by atoms with Crippen molar-refractivity contribution >= 4 is 11.6 Å². The second-order valence-corrected chi connectivity index (χ2v) is 5.11. The van der Waals surface area contributed by atoms with Crippen molar-refractivity contribution in [2.24, 2.45) is 0 Å². The Morgan fingerprint density at radius 1 is 1.05 bits per heavy atom. The molecule has 5 heteroatoms. The van der Waals surface area contributed by atoms with Crippen LogP contribution in [0, 0.1) is 13.1 Å². The summed E-state index contributed by atoms with van der Waals surface area (Å²) in [7, 11) is 0. The molecule has 0 aromatic heterocycles. The SMILES string of the molecule is CC(=O)[CH-]C(C)=O.CCN([CH-]NC(C)(C)C)CC.[Au]. The summed E-state index contributed by atoms with van der Waals surface area (Å²) >= 11 is 0. The molecule has 0 saturated carbocycles. The van der Waals surface area contributed by atoms with Crippen molar-refractivity contribution in [3.63, 3.8) is 0 Å². The van der Waals surface area contributed by atoms with Gasteiger partial charge in [-0.3, -0.25) is 6.42 Å². The fourth-order valence-corrected chi connectivity index (χ4v) is 0.977. The van der Waals surface area contributed by atoms with Gasteiger partial charge in [-0.2, -0.15) is 0 Å². The molecule has 0 atom stereocenters. The average Bonchev–Trinajstić information content (AvgIpc) is 2.16. The van der Waals surface area contributed by atoms with Crippen LogP contribution in [0.25, 0.3) is 0 Å². The van der Waals surface area contributed by atoms with Gasteiger partial charge in [0.05, 0.1) is 0 Å². The normalized spacial score (nSPS) is 10.1. The predicted molar refractivity (Wildman–Crippen MR) is 75.8 cm³/mol. The molecule has 0 unspecified atom stereocenters. The number of Topliss-reactive ketones (excluding diaryl/α,β-unsaturated/α-hetero) is 2. The van der Waals surface area contributed by atoms with E-state index in [1.807, 2.05) is 0 Å². The van der Waals surface area contributed by atoms with Gasteiger partial charge in [0.2, 0.25) is 0 Å². The quantitative estimate of drug-likeness (QED) is 0.381. The van der Waals surface area contributed by atoms with E-state index < -0.39 is 0 Å². The van der Waals surface area contributed by atoms with Gasteiger partial charge in [-0.25, -0.2) is 6.67 Å². The Morgan fingerprint density at radius 3 is 1.58 bits per heavy atom. The first-order chi connectivity index (χ1) is 8.12. The minimum absolute atomic E-state index is 0. The average molecular weight is 453 g/mol. The fraction of sp³-hybridized carbons (Fsp3) is 0.714. The zero-order valence-corrected chi connectivity index (χ0v) is 15.3. The monoisotopic (exact) mass is 453 g/mol. The Labute approximate surface area is 134 Å². The molecule has 1 radical (unpaired) electrons. The van der Waals surface area contributed by atoms with E-state index in [-0.39, 0.29) is 39.5 Å². The molecule has 0 heterocycles. The number of hydrogen-bond donors (Lipinski definition) is 1. The van der Waals surface area contributed by atoms with Crippen LogP contribution in [0.4, 0.5) is 0 Å².